The summed E-state index contributed by atoms with van der Waals surface area (Å²) in [5.41, 5.74) is 0.887. The molecule has 0 aliphatic carbocycles. The molecule has 118 valence electrons. The average Bonchev–Trinajstić information content (AvgIpc) is 2.97. The molecule has 1 aromatic rings. The third-order valence-corrected chi connectivity index (χ3v) is 5.02. The lowest BCUT2D eigenvalue weighted by atomic mass is 9.98. The zero-order chi connectivity index (χ0) is 16.4. The number of thioether (sulfide) groups is 1. The summed E-state index contributed by atoms with van der Waals surface area (Å²) < 4.78 is 2.19. The van der Waals surface area contributed by atoms with Crippen LogP contribution in [0.1, 0.15) is 25.8 Å². The zero-order valence-corrected chi connectivity index (χ0v) is 14.3. The number of carbonyl (C=O) groups is 2. The molecule has 0 radical (unpaired) electrons. The Morgan fingerprint density at radius 1 is 1.55 bits per heavy atom. The smallest absolute Gasteiger partial charge is 0.327 e. The molecule has 0 aromatic carbocycles. The first-order chi connectivity index (χ1) is 10.3. The molecule has 2 rings (SSSR count). The molecule has 22 heavy (non-hydrogen) atoms. The van der Waals surface area contributed by atoms with Crippen LogP contribution in [0, 0.1) is 5.92 Å². The zero-order valence-electron chi connectivity index (χ0n) is 12.6. The number of carboxylic acids is 1. The highest BCUT2D eigenvalue weighted by molar-refractivity contribution is 8.26. The highest BCUT2D eigenvalue weighted by atomic mass is 32.2. The normalized spacial score (nSPS) is 19.8. The van der Waals surface area contributed by atoms with E-state index < -0.39 is 12.0 Å². The van der Waals surface area contributed by atoms with Gasteiger partial charge in [-0.05, 0) is 23.6 Å². The molecule has 0 bridgehead atoms. The van der Waals surface area contributed by atoms with E-state index >= 15 is 0 Å². The molecule has 1 aliphatic rings. The number of nitrogens with zero attached hydrogens (tertiary/aromatic N) is 2. The SMILES string of the molecule is CC[C@H](C)[C@@H](C(=O)O)N1C(=O)/C(=C\c2ccn(C)c2)SC1=S. The molecule has 5 nitrogen and oxygen atoms in total. The summed E-state index contributed by atoms with van der Waals surface area (Å²) in [6.07, 6.45) is 6.17. The molecule has 0 saturated carbocycles. The van der Waals surface area contributed by atoms with Crippen molar-refractivity contribution in [2.24, 2.45) is 13.0 Å². The van der Waals surface area contributed by atoms with Crippen LogP contribution in [0.3, 0.4) is 0 Å². The van der Waals surface area contributed by atoms with Crippen molar-refractivity contribution >= 4 is 46.3 Å². The largest absolute Gasteiger partial charge is 0.480 e. The van der Waals surface area contributed by atoms with Gasteiger partial charge in [-0.1, -0.05) is 44.2 Å². The molecular formula is C15H18N2O3S2. The summed E-state index contributed by atoms with van der Waals surface area (Å²) in [7, 11) is 1.89. The lowest BCUT2D eigenvalue weighted by Gasteiger charge is -2.27. The van der Waals surface area contributed by atoms with Gasteiger partial charge >= 0.3 is 5.97 Å². The monoisotopic (exact) mass is 338 g/mol. The molecule has 1 fully saturated rings. The second kappa shape index (κ2) is 6.66. The van der Waals surface area contributed by atoms with Crippen LogP contribution in [0.15, 0.2) is 23.4 Å². The number of hydrogen-bond acceptors (Lipinski definition) is 4. The van der Waals surface area contributed by atoms with E-state index in [1.807, 2.05) is 43.9 Å². The molecule has 0 spiro atoms. The van der Waals surface area contributed by atoms with Crippen molar-refractivity contribution in [3.8, 4) is 0 Å². The number of aromatic nitrogens is 1. The molecule has 1 amide bonds. The van der Waals surface area contributed by atoms with Gasteiger partial charge < -0.3 is 9.67 Å². The highest BCUT2D eigenvalue weighted by Gasteiger charge is 2.42. The fourth-order valence-corrected chi connectivity index (χ4v) is 3.64. The summed E-state index contributed by atoms with van der Waals surface area (Å²) >= 11 is 6.39. The first-order valence-corrected chi connectivity index (χ1v) is 8.19. The molecule has 1 N–H and O–H groups in total. The topological polar surface area (TPSA) is 62.5 Å². The summed E-state index contributed by atoms with van der Waals surface area (Å²) in [5, 5.41) is 9.46. The summed E-state index contributed by atoms with van der Waals surface area (Å²) in [6, 6.07) is 0.967. The minimum absolute atomic E-state index is 0.170. The fourth-order valence-electron chi connectivity index (χ4n) is 2.31. The van der Waals surface area contributed by atoms with E-state index in [1.54, 1.807) is 6.08 Å². The lowest BCUT2D eigenvalue weighted by Crippen LogP contribution is -2.47. The number of thiocarbonyl (C=S) groups is 1. The van der Waals surface area contributed by atoms with Crippen LogP contribution in [-0.2, 0) is 16.6 Å². The molecule has 0 unspecified atom stereocenters. The third-order valence-electron chi connectivity index (χ3n) is 3.69. The highest BCUT2D eigenvalue weighted by Crippen LogP contribution is 2.35. The van der Waals surface area contributed by atoms with Gasteiger partial charge in [0.15, 0.2) is 0 Å². The number of hydrogen-bond donors (Lipinski definition) is 1. The van der Waals surface area contributed by atoms with E-state index in [-0.39, 0.29) is 11.8 Å². The van der Waals surface area contributed by atoms with Crippen LogP contribution in [0.5, 0.6) is 0 Å². The summed E-state index contributed by atoms with van der Waals surface area (Å²) in [4.78, 5) is 25.8. The Morgan fingerprint density at radius 3 is 2.73 bits per heavy atom. The quantitative estimate of drug-likeness (QED) is 0.661. The van der Waals surface area contributed by atoms with E-state index in [0.717, 1.165) is 17.3 Å². The summed E-state index contributed by atoms with van der Waals surface area (Å²) in [5.74, 6) is -1.52. The Balaban J connectivity index is 2.32. The van der Waals surface area contributed by atoms with Gasteiger partial charge in [-0.25, -0.2) is 4.79 Å². The van der Waals surface area contributed by atoms with Gasteiger partial charge in [-0.3, -0.25) is 9.69 Å². The van der Waals surface area contributed by atoms with Crippen LogP contribution in [0.2, 0.25) is 0 Å². The van der Waals surface area contributed by atoms with Gasteiger partial charge in [-0.2, -0.15) is 0 Å². The third kappa shape index (κ3) is 3.25. The van der Waals surface area contributed by atoms with Gasteiger partial charge in [-0.15, -0.1) is 0 Å². The first kappa shape index (κ1) is 16.8. The molecular weight excluding hydrogens is 320 g/mol. The van der Waals surface area contributed by atoms with Crippen LogP contribution < -0.4 is 0 Å². The van der Waals surface area contributed by atoms with Crippen LogP contribution in [0.25, 0.3) is 6.08 Å². The predicted octanol–water partition coefficient (Wildman–Crippen LogP) is 2.73. The molecule has 1 aliphatic heterocycles. The summed E-state index contributed by atoms with van der Waals surface area (Å²) in [6.45, 7) is 3.72. The first-order valence-electron chi connectivity index (χ1n) is 6.97. The van der Waals surface area contributed by atoms with Crippen LogP contribution in [-0.4, -0.2) is 36.8 Å². The van der Waals surface area contributed by atoms with E-state index in [9.17, 15) is 14.7 Å². The Labute approximate surface area is 139 Å². The predicted molar refractivity (Wildman–Crippen MR) is 91.3 cm³/mol. The number of aryl methyl sites for hydroxylation is 1. The minimum Gasteiger partial charge on any atom is -0.480 e. The minimum atomic E-state index is -1.02. The molecule has 1 aromatic heterocycles. The Hall–Kier alpha value is -1.60. The van der Waals surface area contributed by atoms with Crippen molar-refractivity contribution in [1.29, 1.82) is 0 Å². The van der Waals surface area contributed by atoms with Gasteiger partial charge in [0, 0.05) is 19.4 Å². The Bertz CT molecular complexity index is 651. The van der Waals surface area contributed by atoms with Gasteiger partial charge in [0.25, 0.3) is 5.91 Å². The van der Waals surface area contributed by atoms with Gasteiger partial charge in [0.1, 0.15) is 10.4 Å². The van der Waals surface area contributed by atoms with Crippen molar-refractivity contribution in [2.45, 2.75) is 26.3 Å². The van der Waals surface area contributed by atoms with Crippen molar-refractivity contribution in [3.05, 3.63) is 28.9 Å². The number of carbonyl (C=O) groups excluding carboxylic acids is 1. The molecule has 7 heteroatoms. The van der Waals surface area contributed by atoms with Crippen LogP contribution in [0.4, 0.5) is 0 Å². The average molecular weight is 338 g/mol. The van der Waals surface area contributed by atoms with E-state index in [1.165, 1.54) is 4.90 Å². The number of aliphatic carboxylic acids is 1. The Morgan fingerprint density at radius 2 is 2.23 bits per heavy atom. The van der Waals surface area contributed by atoms with Gasteiger partial charge in [0.2, 0.25) is 0 Å². The van der Waals surface area contributed by atoms with E-state index in [2.05, 4.69) is 0 Å². The van der Waals surface area contributed by atoms with Crippen molar-refractivity contribution in [2.75, 3.05) is 0 Å². The number of amides is 1. The maximum atomic E-state index is 12.6. The maximum Gasteiger partial charge on any atom is 0.327 e. The van der Waals surface area contributed by atoms with Crippen LogP contribution >= 0.6 is 24.0 Å². The maximum absolute atomic E-state index is 12.6. The standard InChI is InChI=1S/C15H18N2O3S2/c1-4-9(2)12(14(19)20)17-13(18)11(22-15(17)21)7-10-5-6-16(3)8-10/h5-9,12H,4H2,1-3H3,(H,19,20)/b11-7+/t9-,12-/m0/s1. The second-order valence-electron chi connectivity index (χ2n) is 5.33. The van der Waals surface area contributed by atoms with Crippen molar-refractivity contribution in [1.82, 2.24) is 9.47 Å². The fraction of sp³-hybridized carbons (Fsp3) is 0.400. The van der Waals surface area contributed by atoms with E-state index in [0.29, 0.717) is 15.6 Å². The molecule has 2 heterocycles. The molecule has 1 saturated heterocycles. The number of rotatable bonds is 5. The van der Waals surface area contributed by atoms with Crippen molar-refractivity contribution < 1.29 is 14.7 Å². The lowest BCUT2D eigenvalue weighted by molar-refractivity contribution is -0.147. The van der Waals surface area contributed by atoms with E-state index in [4.69, 9.17) is 12.2 Å². The second-order valence-corrected chi connectivity index (χ2v) is 7.01. The molecule has 2 atom stereocenters. The Kier molecular flexibility index (Phi) is 5.08. The van der Waals surface area contributed by atoms with Gasteiger partial charge in [0.05, 0.1) is 4.91 Å². The van der Waals surface area contributed by atoms with Crippen molar-refractivity contribution in [3.63, 3.8) is 0 Å². The number of carboxylic acid groups (broad SMARTS) is 1.